The maximum absolute atomic E-state index is 12.8. The Kier molecular flexibility index (Phi) is 4.88. The molecular formula is C15H24FN3. The molecule has 0 aromatic carbocycles. The van der Waals surface area contributed by atoms with Crippen molar-refractivity contribution in [1.29, 1.82) is 0 Å². The second kappa shape index (κ2) is 6.44. The van der Waals surface area contributed by atoms with Crippen LogP contribution in [0.4, 0.5) is 4.39 Å². The summed E-state index contributed by atoms with van der Waals surface area (Å²) in [6, 6.07) is 3.00. The van der Waals surface area contributed by atoms with E-state index < -0.39 is 0 Å². The van der Waals surface area contributed by atoms with Gasteiger partial charge in [0.05, 0.1) is 11.9 Å². The van der Waals surface area contributed by atoms with Crippen molar-refractivity contribution in [2.75, 3.05) is 19.6 Å². The molecule has 3 unspecified atom stereocenters. The van der Waals surface area contributed by atoms with Gasteiger partial charge in [-0.2, -0.15) is 0 Å². The number of likely N-dealkylation sites (tertiary alicyclic amines) is 1. The quantitative estimate of drug-likeness (QED) is 0.910. The molecule has 0 bridgehead atoms. The lowest BCUT2D eigenvalue weighted by atomic mass is 9.88. The molecule has 1 aromatic rings. The molecule has 1 aromatic heterocycles. The van der Waals surface area contributed by atoms with E-state index in [2.05, 4.69) is 23.7 Å². The first-order valence-electron chi connectivity index (χ1n) is 7.15. The zero-order chi connectivity index (χ0) is 13.8. The molecule has 0 saturated carbocycles. The van der Waals surface area contributed by atoms with Crippen LogP contribution < -0.4 is 5.73 Å². The lowest BCUT2D eigenvalue weighted by Crippen LogP contribution is -2.39. The van der Waals surface area contributed by atoms with Gasteiger partial charge in [-0.1, -0.05) is 13.8 Å². The molecule has 0 spiro atoms. The molecule has 1 aliphatic heterocycles. The number of hydrogen-bond donors (Lipinski definition) is 1. The monoisotopic (exact) mass is 265 g/mol. The topological polar surface area (TPSA) is 42.1 Å². The minimum absolute atomic E-state index is 0.102. The van der Waals surface area contributed by atoms with Crippen molar-refractivity contribution in [3.8, 4) is 0 Å². The molecule has 0 amide bonds. The van der Waals surface area contributed by atoms with E-state index in [1.165, 1.54) is 18.7 Å². The van der Waals surface area contributed by atoms with Crippen molar-refractivity contribution in [2.24, 2.45) is 17.6 Å². The molecule has 2 heterocycles. The fourth-order valence-corrected chi connectivity index (χ4v) is 2.63. The summed E-state index contributed by atoms with van der Waals surface area (Å²) >= 11 is 0. The van der Waals surface area contributed by atoms with Crippen LogP contribution in [0.1, 0.15) is 38.4 Å². The van der Waals surface area contributed by atoms with Gasteiger partial charge in [0.2, 0.25) is 0 Å². The Morgan fingerprint density at radius 2 is 2.21 bits per heavy atom. The van der Waals surface area contributed by atoms with Gasteiger partial charge in [0.25, 0.3) is 0 Å². The molecule has 0 aliphatic carbocycles. The SMILES string of the molecule is CC1CCN(CCC(N)c2ccc(F)cn2)CC1C. The molecule has 2 rings (SSSR count). The summed E-state index contributed by atoms with van der Waals surface area (Å²) in [7, 11) is 0. The maximum Gasteiger partial charge on any atom is 0.141 e. The van der Waals surface area contributed by atoms with Crippen molar-refractivity contribution in [2.45, 2.75) is 32.7 Å². The third-order valence-corrected chi connectivity index (χ3v) is 4.30. The van der Waals surface area contributed by atoms with Gasteiger partial charge in [0, 0.05) is 19.1 Å². The first-order valence-corrected chi connectivity index (χ1v) is 7.15. The maximum atomic E-state index is 12.8. The van der Waals surface area contributed by atoms with Crippen LogP contribution in [0.3, 0.4) is 0 Å². The highest BCUT2D eigenvalue weighted by molar-refractivity contribution is 5.09. The fourth-order valence-electron chi connectivity index (χ4n) is 2.63. The molecule has 1 fully saturated rings. The summed E-state index contributed by atoms with van der Waals surface area (Å²) in [5, 5.41) is 0. The standard InChI is InChI=1S/C15H24FN3/c1-11-5-7-19(10-12(11)2)8-6-14(17)15-4-3-13(16)9-18-15/h3-4,9,11-12,14H,5-8,10,17H2,1-2H3. The first kappa shape index (κ1) is 14.4. The number of nitrogens with zero attached hydrogens (tertiary/aromatic N) is 2. The van der Waals surface area contributed by atoms with Crippen molar-refractivity contribution in [1.82, 2.24) is 9.88 Å². The Balaban J connectivity index is 1.80. The van der Waals surface area contributed by atoms with Gasteiger partial charge in [0.15, 0.2) is 0 Å². The first-order chi connectivity index (χ1) is 9.06. The normalized spacial score (nSPS) is 26.3. The second-order valence-electron chi connectivity index (χ2n) is 5.84. The zero-order valence-corrected chi connectivity index (χ0v) is 11.8. The van der Waals surface area contributed by atoms with E-state index in [9.17, 15) is 4.39 Å². The minimum Gasteiger partial charge on any atom is -0.323 e. The summed E-state index contributed by atoms with van der Waals surface area (Å²) in [6.07, 6.45) is 3.38. The van der Waals surface area contributed by atoms with E-state index in [-0.39, 0.29) is 11.9 Å². The highest BCUT2D eigenvalue weighted by atomic mass is 19.1. The summed E-state index contributed by atoms with van der Waals surface area (Å²) in [6.45, 7) is 7.96. The smallest absolute Gasteiger partial charge is 0.141 e. The third-order valence-electron chi connectivity index (χ3n) is 4.30. The number of hydrogen-bond acceptors (Lipinski definition) is 3. The molecule has 19 heavy (non-hydrogen) atoms. The Hall–Kier alpha value is -1.00. The van der Waals surface area contributed by atoms with E-state index in [0.29, 0.717) is 0 Å². The fraction of sp³-hybridized carbons (Fsp3) is 0.667. The summed E-state index contributed by atoms with van der Waals surface area (Å²) < 4.78 is 12.8. The molecule has 1 saturated heterocycles. The molecule has 3 nitrogen and oxygen atoms in total. The van der Waals surface area contributed by atoms with Crippen LogP contribution in [0.5, 0.6) is 0 Å². The molecule has 2 N–H and O–H groups in total. The molecule has 4 heteroatoms. The minimum atomic E-state index is -0.310. The van der Waals surface area contributed by atoms with Crippen LogP contribution in [0.15, 0.2) is 18.3 Å². The van der Waals surface area contributed by atoms with Gasteiger partial charge in [-0.3, -0.25) is 4.98 Å². The van der Waals surface area contributed by atoms with Crippen LogP contribution in [0, 0.1) is 17.7 Å². The van der Waals surface area contributed by atoms with Gasteiger partial charge in [-0.15, -0.1) is 0 Å². The molecule has 3 atom stereocenters. The third kappa shape index (κ3) is 3.98. The number of nitrogens with two attached hydrogens (primary N) is 1. The highest BCUT2D eigenvalue weighted by Gasteiger charge is 2.22. The summed E-state index contributed by atoms with van der Waals surface area (Å²) in [5.41, 5.74) is 6.89. The summed E-state index contributed by atoms with van der Waals surface area (Å²) in [4.78, 5) is 6.53. The van der Waals surface area contributed by atoms with Crippen molar-refractivity contribution in [3.05, 3.63) is 29.8 Å². The largest absolute Gasteiger partial charge is 0.323 e. The molecule has 106 valence electrons. The van der Waals surface area contributed by atoms with Gasteiger partial charge >= 0.3 is 0 Å². The van der Waals surface area contributed by atoms with Crippen LogP contribution >= 0.6 is 0 Å². The van der Waals surface area contributed by atoms with Gasteiger partial charge < -0.3 is 10.6 Å². The lowest BCUT2D eigenvalue weighted by molar-refractivity contribution is 0.135. The Bertz CT molecular complexity index is 393. The van der Waals surface area contributed by atoms with E-state index in [1.807, 2.05) is 0 Å². The van der Waals surface area contributed by atoms with E-state index in [0.717, 1.165) is 43.6 Å². The Morgan fingerprint density at radius 1 is 1.42 bits per heavy atom. The number of aromatic nitrogens is 1. The average Bonchev–Trinajstić information content (AvgIpc) is 2.40. The summed E-state index contributed by atoms with van der Waals surface area (Å²) in [5.74, 6) is 1.27. The van der Waals surface area contributed by atoms with Crippen molar-refractivity contribution < 1.29 is 4.39 Å². The van der Waals surface area contributed by atoms with Gasteiger partial charge in [0.1, 0.15) is 5.82 Å². The average molecular weight is 265 g/mol. The zero-order valence-electron chi connectivity index (χ0n) is 11.8. The Morgan fingerprint density at radius 3 is 2.84 bits per heavy atom. The van der Waals surface area contributed by atoms with Gasteiger partial charge in [-0.05, 0) is 43.4 Å². The Labute approximate surface area is 115 Å². The highest BCUT2D eigenvalue weighted by Crippen LogP contribution is 2.23. The lowest BCUT2D eigenvalue weighted by Gasteiger charge is -2.35. The van der Waals surface area contributed by atoms with Crippen LogP contribution in [0.25, 0.3) is 0 Å². The predicted molar refractivity (Wildman–Crippen MR) is 75.1 cm³/mol. The molecular weight excluding hydrogens is 241 g/mol. The van der Waals surface area contributed by atoms with Crippen LogP contribution in [0.2, 0.25) is 0 Å². The number of rotatable bonds is 4. The van der Waals surface area contributed by atoms with E-state index >= 15 is 0 Å². The van der Waals surface area contributed by atoms with E-state index in [4.69, 9.17) is 5.73 Å². The molecule has 1 aliphatic rings. The predicted octanol–water partition coefficient (Wildman–Crippen LogP) is 2.59. The van der Waals surface area contributed by atoms with Gasteiger partial charge in [-0.25, -0.2) is 4.39 Å². The van der Waals surface area contributed by atoms with Crippen molar-refractivity contribution in [3.63, 3.8) is 0 Å². The number of halogens is 1. The number of pyridine rings is 1. The number of piperidine rings is 1. The van der Waals surface area contributed by atoms with Crippen LogP contribution in [-0.4, -0.2) is 29.5 Å². The van der Waals surface area contributed by atoms with Crippen LogP contribution in [-0.2, 0) is 0 Å². The van der Waals surface area contributed by atoms with Crippen molar-refractivity contribution >= 4 is 0 Å². The molecule has 0 radical (unpaired) electrons. The van der Waals surface area contributed by atoms with E-state index in [1.54, 1.807) is 6.07 Å². The second-order valence-corrected chi connectivity index (χ2v) is 5.84.